The van der Waals surface area contributed by atoms with Gasteiger partial charge in [-0.25, -0.2) is 0 Å². The summed E-state index contributed by atoms with van der Waals surface area (Å²) in [5.74, 6) is 0.746. The van der Waals surface area contributed by atoms with E-state index in [0.717, 1.165) is 44.7 Å². The van der Waals surface area contributed by atoms with Gasteiger partial charge in [-0.05, 0) is 31.9 Å². The zero-order chi connectivity index (χ0) is 12.4. The Morgan fingerprint density at radius 3 is 2.61 bits per heavy atom. The second-order valence-electron chi connectivity index (χ2n) is 5.29. The van der Waals surface area contributed by atoms with Crippen LogP contribution in [0.3, 0.4) is 0 Å². The summed E-state index contributed by atoms with van der Waals surface area (Å²) in [7, 11) is 0. The van der Waals surface area contributed by atoms with Crippen molar-refractivity contribution in [1.29, 1.82) is 0 Å². The van der Waals surface area contributed by atoms with Gasteiger partial charge in [-0.3, -0.25) is 0 Å². The number of hydrogen-bond donors (Lipinski definition) is 1. The highest BCUT2D eigenvalue weighted by Gasteiger charge is 2.40. The molecule has 2 heterocycles. The Hall–Kier alpha value is -0.840. The second kappa shape index (κ2) is 5.03. The Morgan fingerprint density at radius 2 is 2.00 bits per heavy atom. The zero-order valence-electron chi connectivity index (χ0n) is 10.9. The van der Waals surface area contributed by atoms with Crippen molar-refractivity contribution in [3.05, 3.63) is 24.2 Å². The average Bonchev–Trinajstić information content (AvgIpc) is 3.04. The Bertz CT molecular complexity index is 360. The number of hydrogen-bond acceptors (Lipinski definition) is 4. The topological polar surface area (TPSA) is 43.6 Å². The SMILES string of the molecule is CC(NC1CCC2(CC1)OCCO2)c1ccco1. The average molecular weight is 251 g/mol. The fourth-order valence-electron chi connectivity index (χ4n) is 2.98. The molecule has 0 radical (unpaired) electrons. The largest absolute Gasteiger partial charge is 0.468 e. The zero-order valence-corrected chi connectivity index (χ0v) is 10.9. The number of ether oxygens (including phenoxy) is 2. The summed E-state index contributed by atoms with van der Waals surface area (Å²) >= 11 is 0. The standard InChI is InChI=1S/C14H21NO3/c1-11(13-3-2-8-16-13)15-12-4-6-14(7-5-12)17-9-10-18-14/h2-3,8,11-12,15H,4-7,9-10H2,1H3. The molecular formula is C14H21NO3. The van der Waals surface area contributed by atoms with Crippen LogP contribution < -0.4 is 5.32 Å². The van der Waals surface area contributed by atoms with E-state index in [1.807, 2.05) is 12.1 Å². The summed E-state index contributed by atoms with van der Waals surface area (Å²) in [5.41, 5.74) is 0. The van der Waals surface area contributed by atoms with E-state index in [1.165, 1.54) is 0 Å². The Labute approximate surface area is 108 Å². The molecule has 3 rings (SSSR count). The minimum atomic E-state index is -0.258. The molecule has 1 aromatic heterocycles. The van der Waals surface area contributed by atoms with Crippen molar-refractivity contribution in [2.45, 2.75) is 50.5 Å². The van der Waals surface area contributed by atoms with Gasteiger partial charge in [0.1, 0.15) is 5.76 Å². The molecule has 2 fully saturated rings. The lowest BCUT2D eigenvalue weighted by Gasteiger charge is -2.36. The summed E-state index contributed by atoms with van der Waals surface area (Å²) in [6.07, 6.45) is 5.92. The van der Waals surface area contributed by atoms with Gasteiger partial charge in [-0.15, -0.1) is 0 Å². The first kappa shape index (κ1) is 12.2. The van der Waals surface area contributed by atoms with E-state index in [9.17, 15) is 0 Å². The lowest BCUT2D eigenvalue weighted by molar-refractivity contribution is -0.179. The van der Waals surface area contributed by atoms with Gasteiger partial charge in [0.2, 0.25) is 0 Å². The molecular weight excluding hydrogens is 230 g/mol. The molecule has 1 spiro atoms. The van der Waals surface area contributed by atoms with Crippen LogP contribution in [0.4, 0.5) is 0 Å². The van der Waals surface area contributed by atoms with Crippen molar-refractivity contribution in [2.75, 3.05) is 13.2 Å². The van der Waals surface area contributed by atoms with Gasteiger partial charge in [0, 0.05) is 18.9 Å². The monoisotopic (exact) mass is 251 g/mol. The molecule has 1 N–H and O–H groups in total. The Balaban J connectivity index is 1.51. The third kappa shape index (κ3) is 2.46. The lowest BCUT2D eigenvalue weighted by atomic mass is 9.89. The van der Waals surface area contributed by atoms with Crippen LogP contribution in [0.2, 0.25) is 0 Å². The van der Waals surface area contributed by atoms with Crippen LogP contribution in [0.5, 0.6) is 0 Å². The first-order valence-corrected chi connectivity index (χ1v) is 6.85. The molecule has 0 amide bonds. The van der Waals surface area contributed by atoms with E-state index in [-0.39, 0.29) is 11.8 Å². The van der Waals surface area contributed by atoms with Crippen LogP contribution in [0.15, 0.2) is 22.8 Å². The predicted octanol–water partition coefficient (Wildman–Crippen LogP) is 2.62. The molecule has 4 nitrogen and oxygen atoms in total. The summed E-state index contributed by atoms with van der Waals surface area (Å²) < 4.78 is 16.9. The van der Waals surface area contributed by atoms with Crippen molar-refractivity contribution in [3.8, 4) is 0 Å². The van der Waals surface area contributed by atoms with Crippen molar-refractivity contribution >= 4 is 0 Å². The summed E-state index contributed by atoms with van der Waals surface area (Å²) in [6, 6.07) is 4.75. The van der Waals surface area contributed by atoms with Gasteiger partial charge >= 0.3 is 0 Å². The molecule has 100 valence electrons. The van der Waals surface area contributed by atoms with E-state index in [2.05, 4.69) is 12.2 Å². The molecule has 1 saturated carbocycles. The van der Waals surface area contributed by atoms with Crippen LogP contribution in [0, 0.1) is 0 Å². The molecule has 1 saturated heterocycles. The number of furan rings is 1. The van der Waals surface area contributed by atoms with Crippen LogP contribution in [0.25, 0.3) is 0 Å². The van der Waals surface area contributed by atoms with Gasteiger partial charge < -0.3 is 19.2 Å². The lowest BCUT2D eigenvalue weighted by Crippen LogP contribution is -2.42. The quantitative estimate of drug-likeness (QED) is 0.896. The summed E-state index contributed by atoms with van der Waals surface area (Å²) in [4.78, 5) is 0. The molecule has 1 unspecified atom stereocenters. The van der Waals surface area contributed by atoms with Gasteiger partial charge in [-0.1, -0.05) is 0 Å². The van der Waals surface area contributed by atoms with E-state index in [4.69, 9.17) is 13.9 Å². The molecule has 1 aromatic rings. The van der Waals surface area contributed by atoms with E-state index in [1.54, 1.807) is 6.26 Å². The fraction of sp³-hybridized carbons (Fsp3) is 0.714. The maximum atomic E-state index is 5.74. The molecule has 0 bridgehead atoms. The summed E-state index contributed by atoms with van der Waals surface area (Å²) in [5, 5.41) is 3.62. The smallest absolute Gasteiger partial charge is 0.168 e. The first-order valence-electron chi connectivity index (χ1n) is 6.85. The Kier molecular flexibility index (Phi) is 3.41. The molecule has 18 heavy (non-hydrogen) atoms. The number of nitrogens with one attached hydrogen (secondary N) is 1. The summed E-state index contributed by atoms with van der Waals surface area (Å²) in [6.45, 7) is 3.65. The van der Waals surface area contributed by atoms with Crippen molar-refractivity contribution in [2.24, 2.45) is 0 Å². The highest BCUT2D eigenvalue weighted by molar-refractivity contribution is 5.03. The van der Waals surface area contributed by atoms with Gasteiger partial charge in [0.25, 0.3) is 0 Å². The normalized spacial score (nSPS) is 25.6. The molecule has 1 aliphatic heterocycles. The van der Waals surface area contributed by atoms with Gasteiger partial charge in [0.05, 0.1) is 25.5 Å². The van der Waals surface area contributed by atoms with Crippen molar-refractivity contribution in [1.82, 2.24) is 5.32 Å². The van der Waals surface area contributed by atoms with E-state index < -0.39 is 0 Å². The van der Waals surface area contributed by atoms with Crippen LogP contribution in [0.1, 0.15) is 44.4 Å². The van der Waals surface area contributed by atoms with E-state index >= 15 is 0 Å². The van der Waals surface area contributed by atoms with E-state index in [0.29, 0.717) is 6.04 Å². The third-order valence-corrected chi connectivity index (χ3v) is 4.02. The molecule has 1 aliphatic carbocycles. The maximum absolute atomic E-state index is 5.74. The van der Waals surface area contributed by atoms with Crippen molar-refractivity contribution < 1.29 is 13.9 Å². The first-order chi connectivity index (χ1) is 8.77. The third-order valence-electron chi connectivity index (χ3n) is 4.02. The number of rotatable bonds is 3. The maximum Gasteiger partial charge on any atom is 0.168 e. The molecule has 2 aliphatic rings. The Morgan fingerprint density at radius 1 is 1.28 bits per heavy atom. The second-order valence-corrected chi connectivity index (χ2v) is 5.29. The highest BCUT2D eigenvalue weighted by atomic mass is 16.7. The highest BCUT2D eigenvalue weighted by Crippen LogP contribution is 2.36. The van der Waals surface area contributed by atoms with Crippen molar-refractivity contribution in [3.63, 3.8) is 0 Å². The minimum absolute atomic E-state index is 0.258. The van der Waals surface area contributed by atoms with Gasteiger partial charge in [0.15, 0.2) is 5.79 Å². The molecule has 4 heteroatoms. The van der Waals surface area contributed by atoms with Gasteiger partial charge in [-0.2, -0.15) is 0 Å². The minimum Gasteiger partial charge on any atom is -0.468 e. The molecule has 1 atom stereocenters. The van der Waals surface area contributed by atoms with Crippen LogP contribution >= 0.6 is 0 Å². The van der Waals surface area contributed by atoms with Crippen LogP contribution in [-0.2, 0) is 9.47 Å². The predicted molar refractivity (Wildman–Crippen MR) is 67.1 cm³/mol. The molecule has 0 aromatic carbocycles. The fourth-order valence-corrected chi connectivity index (χ4v) is 2.98. The van der Waals surface area contributed by atoms with Crippen LogP contribution in [-0.4, -0.2) is 25.0 Å².